The molecule has 0 aliphatic carbocycles. The van der Waals surface area contributed by atoms with Crippen LogP contribution < -0.4 is 0 Å². The van der Waals surface area contributed by atoms with Gasteiger partial charge in [-0.3, -0.25) is 4.79 Å². The fraction of sp³-hybridized carbons (Fsp3) is 0.375. The van der Waals surface area contributed by atoms with Crippen LogP contribution in [0.2, 0.25) is 0 Å². The van der Waals surface area contributed by atoms with E-state index in [0.29, 0.717) is 31.7 Å². The van der Waals surface area contributed by atoms with E-state index in [9.17, 15) is 13.2 Å². The van der Waals surface area contributed by atoms with Gasteiger partial charge < -0.3 is 9.47 Å². The molecule has 9 heteroatoms. The Morgan fingerprint density at radius 2 is 1.72 bits per heavy atom. The average Bonchev–Trinajstić information content (AvgIpc) is 3.16. The van der Waals surface area contributed by atoms with Crippen LogP contribution in [0.5, 0.6) is 0 Å². The van der Waals surface area contributed by atoms with E-state index in [1.54, 1.807) is 29.6 Å². The number of piperazine rings is 1. The van der Waals surface area contributed by atoms with Crippen LogP contribution in [0.4, 0.5) is 0 Å². The van der Waals surface area contributed by atoms with Gasteiger partial charge in [-0.1, -0.05) is 0 Å². The van der Waals surface area contributed by atoms with Crippen LogP contribution in [0.25, 0.3) is 5.69 Å². The molecule has 1 amide bonds. The second-order valence-corrected chi connectivity index (χ2v) is 8.14. The Bertz CT molecular complexity index is 823. The van der Waals surface area contributed by atoms with Gasteiger partial charge in [0.2, 0.25) is 0 Å². The van der Waals surface area contributed by atoms with Gasteiger partial charge in [0.25, 0.3) is 16.1 Å². The predicted molar refractivity (Wildman–Crippen MR) is 93.6 cm³/mol. The first-order valence-electron chi connectivity index (χ1n) is 7.95. The first-order valence-corrected chi connectivity index (χ1v) is 9.34. The van der Waals surface area contributed by atoms with Gasteiger partial charge in [0, 0.05) is 63.9 Å². The molecule has 1 fully saturated rings. The molecule has 2 aromatic rings. The van der Waals surface area contributed by atoms with Gasteiger partial charge in [0.05, 0.1) is 6.33 Å². The summed E-state index contributed by atoms with van der Waals surface area (Å²) in [5.41, 5.74) is 1.52. The van der Waals surface area contributed by atoms with Crippen molar-refractivity contribution in [1.29, 1.82) is 0 Å². The zero-order valence-corrected chi connectivity index (χ0v) is 15.1. The Labute approximate surface area is 147 Å². The summed E-state index contributed by atoms with van der Waals surface area (Å²) >= 11 is 0. The fourth-order valence-corrected chi connectivity index (χ4v) is 3.81. The number of nitrogens with zero attached hydrogens (tertiary/aromatic N) is 5. The molecule has 2 heterocycles. The van der Waals surface area contributed by atoms with Crippen molar-refractivity contribution in [2.24, 2.45) is 0 Å². The summed E-state index contributed by atoms with van der Waals surface area (Å²) in [4.78, 5) is 18.3. The number of amides is 1. The van der Waals surface area contributed by atoms with Crippen LogP contribution in [0, 0.1) is 0 Å². The summed E-state index contributed by atoms with van der Waals surface area (Å²) < 4.78 is 28.7. The average molecular weight is 363 g/mol. The predicted octanol–water partition coefficient (Wildman–Crippen LogP) is 0.437. The van der Waals surface area contributed by atoms with Gasteiger partial charge in [-0.2, -0.15) is 17.0 Å². The normalized spacial score (nSPS) is 16.4. The van der Waals surface area contributed by atoms with E-state index in [4.69, 9.17) is 0 Å². The van der Waals surface area contributed by atoms with Gasteiger partial charge in [-0.05, 0) is 24.3 Å². The smallest absolute Gasteiger partial charge is 0.281 e. The van der Waals surface area contributed by atoms with Crippen LogP contribution in [0.1, 0.15) is 10.4 Å². The Morgan fingerprint density at radius 3 is 2.24 bits per heavy atom. The third-order valence-corrected chi connectivity index (χ3v) is 6.17. The summed E-state index contributed by atoms with van der Waals surface area (Å²) in [5, 5.41) is 0. The molecule has 25 heavy (non-hydrogen) atoms. The molecule has 0 saturated carbocycles. The van der Waals surface area contributed by atoms with Crippen LogP contribution in [0.15, 0.2) is 43.0 Å². The zero-order valence-electron chi connectivity index (χ0n) is 14.2. The van der Waals surface area contributed by atoms with Crippen LogP contribution in [-0.4, -0.2) is 77.7 Å². The largest absolute Gasteiger partial charge is 0.336 e. The number of carbonyl (C=O) groups is 1. The van der Waals surface area contributed by atoms with Crippen molar-refractivity contribution in [3.05, 3.63) is 48.5 Å². The molecule has 0 spiro atoms. The maximum absolute atomic E-state index is 12.6. The molecule has 0 N–H and O–H groups in total. The first-order chi connectivity index (χ1) is 11.9. The Hall–Kier alpha value is -2.23. The Morgan fingerprint density at radius 1 is 1.08 bits per heavy atom. The summed E-state index contributed by atoms with van der Waals surface area (Å²) in [5.74, 6) is -0.0842. The molecule has 1 aromatic carbocycles. The number of hydrogen-bond acceptors (Lipinski definition) is 4. The lowest BCUT2D eigenvalue weighted by Gasteiger charge is -2.35. The summed E-state index contributed by atoms with van der Waals surface area (Å²) in [6.45, 7) is 1.38. The quantitative estimate of drug-likeness (QED) is 0.789. The molecular formula is C16H21N5O3S. The highest BCUT2D eigenvalue weighted by Crippen LogP contribution is 2.15. The van der Waals surface area contributed by atoms with Crippen molar-refractivity contribution in [3.63, 3.8) is 0 Å². The van der Waals surface area contributed by atoms with E-state index in [2.05, 4.69) is 4.98 Å². The van der Waals surface area contributed by atoms with Crippen molar-refractivity contribution in [2.45, 2.75) is 0 Å². The number of carbonyl (C=O) groups excluding carboxylic acids is 1. The number of rotatable bonds is 4. The third kappa shape index (κ3) is 3.58. The summed E-state index contributed by atoms with van der Waals surface area (Å²) in [6, 6.07) is 7.28. The third-order valence-electron chi connectivity index (χ3n) is 4.23. The number of benzene rings is 1. The lowest BCUT2D eigenvalue weighted by atomic mass is 10.1. The molecule has 3 rings (SSSR count). The Balaban J connectivity index is 1.65. The van der Waals surface area contributed by atoms with Crippen molar-refractivity contribution in [3.8, 4) is 5.69 Å². The maximum Gasteiger partial charge on any atom is 0.281 e. The molecule has 1 aliphatic rings. The minimum atomic E-state index is -3.42. The summed E-state index contributed by atoms with van der Waals surface area (Å²) in [6.07, 6.45) is 5.23. The molecule has 1 aromatic heterocycles. The molecule has 8 nitrogen and oxygen atoms in total. The zero-order chi connectivity index (χ0) is 18.0. The second-order valence-electron chi connectivity index (χ2n) is 6.00. The molecule has 1 aliphatic heterocycles. The minimum absolute atomic E-state index is 0.0842. The highest BCUT2D eigenvalue weighted by atomic mass is 32.2. The molecular weight excluding hydrogens is 342 g/mol. The van der Waals surface area contributed by atoms with Gasteiger partial charge >= 0.3 is 0 Å². The molecule has 134 valence electrons. The second kappa shape index (κ2) is 6.95. The standard InChI is InChI=1S/C16H21N5O3S/c1-18(2)25(23,24)21-11-9-19(10-12-21)16(22)14-3-5-15(6-4-14)20-8-7-17-13-20/h3-8,13H,9-12H2,1-2H3. The SMILES string of the molecule is CN(C)S(=O)(=O)N1CCN(C(=O)c2ccc(-n3ccnc3)cc2)CC1. The Kier molecular flexibility index (Phi) is 4.89. The highest BCUT2D eigenvalue weighted by molar-refractivity contribution is 7.86. The van der Waals surface area contributed by atoms with Gasteiger partial charge in [-0.25, -0.2) is 4.98 Å². The van der Waals surface area contributed by atoms with Crippen LogP contribution >= 0.6 is 0 Å². The van der Waals surface area contributed by atoms with Crippen molar-refractivity contribution >= 4 is 16.1 Å². The van der Waals surface area contributed by atoms with E-state index in [1.807, 2.05) is 22.9 Å². The molecule has 0 atom stereocenters. The van der Waals surface area contributed by atoms with E-state index >= 15 is 0 Å². The van der Waals surface area contributed by atoms with Crippen molar-refractivity contribution in [1.82, 2.24) is 23.1 Å². The lowest BCUT2D eigenvalue weighted by Crippen LogP contribution is -2.53. The van der Waals surface area contributed by atoms with E-state index in [1.165, 1.54) is 22.7 Å². The van der Waals surface area contributed by atoms with Gasteiger partial charge in [0.15, 0.2) is 0 Å². The molecule has 0 unspecified atom stereocenters. The van der Waals surface area contributed by atoms with Gasteiger partial charge in [0.1, 0.15) is 0 Å². The number of imidazole rings is 1. The summed E-state index contributed by atoms with van der Waals surface area (Å²) in [7, 11) is -0.407. The molecule has 0 bridgehead atoms. The number of hydrogen-bond donors (Lipinski definition) is 0. The monoisotopic (exact) mass is 363 g/mol. The maximum atomic E-state index is 12.6. The van der Waals surface area contributed by atoms with E-state index in [0.717, 1.165) is 5.69 Å². The molecule has 0 radical (unpaired) electrons. The minimum Gasteiger partial charge on any atom is -0.336 e. The van der Waals surface area contributed by atoms with Gasteiger partial charge in [-0.15, -0.1) is 0 Å². The topological polar surface area (TPSA) is 78.8 Å². The highest BCUT2D eigenvalue weighted by Gasteiger charge is 2.30. The molecule has 1 saturated heterocycles. The number of aromatic nitrogens is 2. The first kappa shape index (κ1) is 17.6. The van der Waals surface area contributed by atoms with Crippen LogP contribution in [0.3, 0.4) is 0 Å². The fourth-order valence-electron chi connectivity index (χ4n) is 2.72. The van der Waals surface area contributed by atoms with Crippen molar-refractivity contribution < 1.29 is 13.2 Å². The van der Waals surface area contributed by atoms with E-state index < -0.39 is 10.2 Å². The van der Waals surface area contributed by atoms with E-state index in [-0.39, 0.29) is 5.91 Å². The lowest BCUT2D eigenvalue weighted by molar-refractivity contribution is 0.0695. The van der Waals surface area contributed by atoms with Crippen LogP contribution in [-0.2, 0) is 10.2 Å². The van der Waals surface area contributed by atoms with Crippen molar-refractivity contribution in [2.75, 3.05) is 40.3 Å².